The summed E-state index contributed by atoms with van der Waals surface area (Å²) >= 11 is 9.20. The molecule has 0 saturated heterocycles. The van der Waals surface area contributed by atoms with Crippen molar-refractivity contribution in [3.63, 3.8) is 0 Å². The first-order valence-corrected chi connectivity index (χ1v) is 11.6. The van der Waals surface area contributed by atoms with Crippen LogP contribution in [-0.2, 0) is 14.3 Å². The Balaban J connectivity index is 1.43. The van der Waals surface area contributed by atoms with Crippen molar-refractivity contribution in [1.82, 2.24) is 5.32 Å². The zero-order chi connectivity index (χ0) is 24.2. The highest BCUT2D eigenvalue weighted by atomic mass is 79.9. The summed E-state index contributed by atoms with van der Waals surface area (Å²) in [6, 6.07) is 19.2. The topological polar surface area (TPSA) is 105 Å². The number of rotatable bonds is 7. The van der Waals surface area contributed by atoms with Gasteiger partial charge >= 0.3 is 12.1 Å². The van der Waals surface area contributed by atoms with E-state index in [0.29, 0.717) is 15.2 Å². The van der Waals surface area contributed by atoms with Gasteiger partial charge < -0.3 is 20.5 Å². The van der Waals surface area contributed by atoms with Crippen molar-refractivity contribution in [2.75, 3.05) is 11.9 Å². The highest BCUT2D eigenvalue weighted by molar-refractivity contribution is 9.10. The molecule has 2 amide bonds. The summed E-state index contributed by atoms with van der Waals surface area (Å²) in [4.78, 5) is 36.6. The molecule has 0 aliphatic heterocycles. The zero-order valence-electron chi connectivity index (χ0n) is 17.8. The van der Waals surface area contributed by atoms with Crippen LogP contribution in [0.25, 0.3) is 11.1 Å². The number of carbonyl (C=O) groups excluding carboxylic acids is 2. The third-order valence-electron chi connectivity index (χ3n) is 5.52. The fourth-order valence-corrected chi connectivity index (χ4v) is 4.76. The maximum atomic E-state index is 12.7. The van der Waals surface area contributed by atoms with Gasteiger partial charge in [-0.2, -0.15) is 0 Å². The summed E-state index contributed by atoms with van der Waals surface area (Å²) in [6.45, 7) is 0.0456. The monoisotopic (exact) mass is 542 g/mol. The Hall–Kier alpha value is -3.36. The standard InChI is InChI=1S/C25H20BrClN2O5/c26-20-11-14(27)9-10-21(20)28-24(32)22(12-23(30)31)29-25(33)34-13-19-17-7-3-1-5-15(17)16-6-2-4-8-18(16)19/h1-11,19,22H,12-13H2,(H,28,32)(H,29,33)(H,30,31). The van der Waals surface area contributed by atoms with E-state index in [1.165, 1.54) is 0 Å². The van der Waals surface area contributed by atoms with Gasteiger partial charge in [-0.15, -0.1) is 0 Å². The minimum atomic E-state index is -1.34. The second kappa shape index (κ2) is 10.3. The molecule has 34 heavy (non-hydrogen) atoms. The molecule has 4 rings (SSSR count). The lowest BCUT2D eigenvalue weighted by Crippen LogP contribution is -2.45. The van der Waals surface area contributed by atoms with Crippen LogP contribution in [0.2, 0.25) is 5.02 Å². The van der Waals surface area contributed by atoms with E-state index in [1.54, 1.807) is 18.2 Å². The second-order valence-corrected chi connectivity index (χ2v) is 9.02. The van der Waals surface area contributed by atoms with Crippen LogP contribution in [0.1, 0.15) is 23.5 Å². The van der Waals surface area contributed by atoms with Crippen LogP contribution in [0.3, 0.4) is 0 Å². The molecule has 1 atom stereocenters. The molecule has 3 aromatic carbocycles. The number of amides is 2. The van der Waals surface area contributed by atoms with Gasteiger partial charge in [-0.05, 0) is 56.4 Å². The van der Waals surface area contributed by atoms with Gasteiger partial charge in [0.25, 0.3) is 0 Å². The van der Waals surface area contributed by atoms with E-state index in [1.807, 2.05) is 48.5 Å². The fraction of sp³-hybridized carbons (Fsp3) is 0.160. The minimum Gasteiger partial charge on any atom is -0.481 e. The molecule has 1 aliphatic rings. The van der Waals surface area contributed by atoms with E-state index in [-0.39, 0.29) is 12.5 Å². The number of nitrogens with one attached hydrogen (secondary N) is 2. The molecule has 0 aromatic heterocycles. The Morgan fingerprint density at radius 3 is 2.21 bits per heavy atom. The van der Waals surface area contributed by atoms with Gasteiger partial charge in [0.2, 0.25) is 5.91 Å². The highest BCUT2D eigenvalue weighted by Gasteiger charge is 2.30. The van der Waals surface area contributed by atoms with Crippen molar-refractivity contribution in [3.05, 3.63) is 87.4 Å². The van der Waals surface area contributed by atoms with Crippen molar-refractivity contribution >= 4 is 51.2 Å². The number of carboxylic acid groups (broad SMARTS) is 1. The number of halogens is 2. The van der Waals surface area contributed by atoms with E-state index >= 15 is 0 Å². The van der Waals surface area contributed by atoms with Gasteiger partial charge in [-0.25, -0.2) is 4.79 Å². The number of ether oxygens (including phenoxy) is 1. The van der Waals surface area contributed by atoms with Crippen LogP contribution < -0.4 is 10.6 Å². The Labute approximate surface area is 209 Å². The molecule has 0 radical (unpaired) electrons. The summed E-state index contributed by atoms with van der Waals surface area (Å²) in [5.74, 6) is -2.09. The number of alkyl carbamates (subject to hydrolysis) is 1. The van der Waals surface area contributed by atoms with Crippen LogP contribution >= 0.6 is 27.5 Å². The number of fused-ring (bicyclic) bond motifs is 3. The zero-order valence-corrected chi connectivity index (χ0v) is 20.1. The Morgan fingerprint density at radius 2 is 1.62 bits per heavy atom. The first kappa shape index (κ1) is 23.8. The van der Waals surface area contributed by atoms with Crippen molar-refractivity contribution in [1.29, 1.82) is 0 Å². The Morgan fingerprint density at radius 1 is 1.00 bits per heavy atom. The molecule has 1 unspecified atom stereocenters. The van der Waals surface area contributed by atoms with Crippen molar-refractivity contribution in [2.45, 2.75) is 18.4 Å². The molecular weight excluding hydrogens is 524 g/mol. The average Bonchev–Trinajstić information content (AvgIpc) is 3.12. The first-order chi connectivity index (χ1) is 16.3. The molecule has 0 spiro atoms. The summed E-state index contributed by atoms with van der Waals surface area (Å²) in [5.41, 5.74) is 4.65. The first-order valence-electron chi connectivity index (χ1n) is 10.4. The number of benzene rings is 3. The third-order valence-corrected chi connectivity index (χ3v) is 6.41. The van der Waals surface area contributed by atoms with Crippen LogP contribution in [0, 0.1) is 0 Å². The van der Waals surface area contributed by atoms with Gasteiger partial charge in [0, 0.05) is 15.4 Å². The molecule has 1 aliphatic carbocycles. The normalized spacial score (nSPS) is 12.9. The molecule has 0 heterocycles. The Kier molecular flexibility index (Phi) is 7.19. The smallest absolute Gasteiger partial charge is 0.407 e. The number of aliphatic carboxylic acids is 1. The molecule has 9 heteroatoms. The van der Waals surface area contributed by atoms with E-state index in [9.17, 15) is 19.5 Å². The SMILES string of the molecule is O=C(O)CC(NC(=O)OCC1c2ccccc2-c2ccccc21)C(=O)Nc1ccc(Cl)cc1Br. The lowest BCUT2D eigenvalue weighted by Gasteiger charge is -2.19. The molecule has 3 aromatic rings. The van der Waals surface area contributed by atoms with E-state index in [0.717, 1.165) is 22.3 Å². The minimum absolute atomic E-state index is 0.0456. The molecule has 0 fully saturated rings. The second-order valence-electron chi connectivity index (χ2n) is 7.73. The molecular formula is C25H20BrClN2O5. The summed E-state index contributed by atoms with van der Waals surface area (Å²) in [7, 11) is 0. The van der Waals surface area contributed by atoms with Gasteiger partial charge in [0.1, 0.15) is 12.6 Å². The number of hydrogen-bond acceptors (Lipinski definition) is 4. The number of hydrogen-bond donors (Lipinski definition) is 3. The summed E-state index contributed by atoms with van der Waals surface area (Å²) in [6.07, 6.45) is -1.49. The van der Waals surface area contributed by atoms with E-state index in [4.69, 9.17) is 16.3 Å². The molecule has 0 saturated carbocycles. The quantitative estimate of drug-likeness (QED) is 0.369. The molecule has 174 valence electrons. The Bertz CT molecular complexity index is 1220. The van der Waals surface area contributed by atoms with Gasteiger partial charge in [-0.1, -0.05) is 60.1 Å². The van der Waals surface area contributed by atoms with Crippen molar-refractivity contribution in [2.24, 2.45) is 0 Å². The lowest BCUT2D eigenvalue weighted by molar-refractivity contribution is -0.139. The summed E-state index contributed by atoms with van der Waals surface area (Å²) in [5, 5.41) is 14.7. The van der Waals surface area contributed by atoms with Crippen LogP contribution in [0.15, 0.2) is 71.2 Å². The maximum Gasteiger partial charge on any atom is 0.407 e. The highest BCUT2D eigenvalue weighted by Crippen LogP contribution is 2.44. The molecule has 3 N–H and O–H groups in total. The third kappa shape index (κ3) is 5.24. The average molecular weight is 544 g/mol. The number of carbonyl (C=O) groups is 3. The van der Waals surface area contributed by atoms with Crippen LogP contribution in [0.5, 0.6) is 0 Å². The van der Waals surface area contributed by atoms with Crippen LogP contribution in [-0.4, -0.2) is 35.7 Å². The molecule has 0 bridgehead atoms. The largest absolute Gasteiger partial charge is 0.481 e. The van der Waals surface area contributed by atoms with E-state index < -0.39 is 30.4 Å². The van der Waals surface area contributed by atoms with Crippen LogP contribution in [0.4, 0.5) is 10.5 Å². The van der Waals surface area contributed by atoms with E-state index in [2.05, 4.69) is 26.6 Å². The lowest BCUT2D eigenvalue weighted by atomic mass is 9.98. The number of anilines is 1. The summed E-state index contributed by atoms with van der Waals surface area (Å²) < 4.78 is 5.96. The predicted octanol–water partition coefficient (Wildman–Crippen LogP) is 5.42. The number of carboxylic acids is 1. The van der Waals surface area contributed by atoms with Crippen molar-refractivity contribution < 1.29 is 24.2 Å². The maximum absolute atomic E-state index is 12.7. The van der Waals surface area contributed by atoms with Crippen molar-refractivity contribution in [3.8, 4) is 11.1 Å². The van der Waals surface area contributed by atoms with Gasteiger partial charge in [0.15, 0.2) is 0 Å². The van der Waals surface area contributed by atoms with Gasteiger partial charge in [-0.3, -0.25) is 9.59 Å². The fourth-order valence-electron chi connectivity index (χ4n) is 3.98. The molecule has 7 nitrogen and oxygen atoms in total. The van der Waals surface area contributed by atoms with Gasteiger partial charge in [0.05, 0.1) is 12.1 Å². The predicted molar refractivity (Wildman–Crippen MR) is 132 cm³/mol.